The van der Waals surface area contributed by atoms with Gasteiger partial charge in [-0.1, -0.05) is 0 Å². The Labute approximate surface area is 122 Å². The maximum atomic E-state index is 13.8. The maximum absolute atomic E-state index is 13.8. The third-order valence-electron chi connectivity index (χ3n) is 3.76. The van der Waals surface area contributed by atoms with Gasteiger partial charge >= 0.3 is 0 Å². The summed E-state index contributed by atoms with van der Waals surface area (Å²) >= 11 is 0. The lowest BCUT2D eigenvalue weighted by molar-refractivity contribution is 0.109. The first-order valence-corrected chi connectivity index (χ1v) is 8.21. The van der Waals surface area contributed by atoms with Crippen LogP contribution in [0.2, 0.25) is 0 Å². The highest BCUT2D eigenvalue weighted by atomic mass is 32.2. The summed E-state index contributed by atoms with van der Waals surface area (Å²) in [5, 5.41) is 9.39. The van der Waals surface area contributed by atoms with E-state index in [0.717, 1.165) is 12.1 Å². The minimum atomic E-state index is -4.08. The van der Waals surface area contributed by atoms with Crippen molar-refractivity contribution in [2.45, 2.75) is 36.7 Å². The summed E-state index contributed by atoms with van der Waals surface area (Å²) in [6.45, 7) is 0.159. The molecule has 1 aromatic carbocycles. The van der Waals surface area contributed by atoms with Gasteiger partial charge in [-0.25, -0.2) is 21.9 Å². The fourth-order valence-corrected chi connectivity index (χ4v) is 3.61. The first kappa shape index (κ1) is 16.1. The predicted molar refractivity (Wildman–Crippen MR) is 73.9 cm³/mol. The number of rotatable bonds is 4. The van der Waals surface area contributed by atoms with Gasteiger partial charge in [-0.15, -0.1) is 0 Å². The average Bonchev–Trinajstić information content (AvgIpc) is 2.44. The van der Waals surface area contributed by atoms with Gasteiger partial charge in [-0.2, -0.15) is 0 Å². The van der Waals surface area contributed by atoms with Gasteiger partial charge in [0.05, 0.1) is 6.10 Å². The SMILES string of the molecule is Nc1c(F)ccc(S(=O)(=O)NCC2CCC(O)CC2)c1F. The quantitative estimate of drug-likeness (QED) is 0.731. The number of hydrogen-bond acceptors (Lipinski definition) is 4. The number of hydrogen-bond donors (Lipinski definition) is 3. The molecule has 0 heterocycles. The third kappa shape index (κ3) is 3.69. The Morgan fingerprint density at radius 2 is 1.86 bits per heavy atom. The van der Waals surface area contributed by atoms with E-state index in [-0.39, 0.29) is 18.6 Å². The van der Waals surface area contributed by atoms with Crippen LogP contribution in [0.3, 0.4) is 0 Å². The Bertz CT molecular complexity index is 614. The monoisotopic (exact) mass is 320 g/mol. The second kappa shape index (κ2) is 6.25. The lowest BCUT2D eigenvalue weighted by atomic mass is 9.88. The second-order valence-electron chi connectivity index (χ2n) is 5.30. The fraction of sp³-hybridized carbons (Fsp3) is 0.538. The molecule has 1 aliphatic carbocycles. The molecule has 21 heavy (non-hydrogen) atoms. The van der Waals surface area contributed by atoms with Gasteiger partial charge in [-0.05, 0) is 43.7 Å². The molecule has 0 atom stereocenters. The van der Waals surface area contributed by atoms with Crippen LogP contribution in [-0.4, -0.2) is 26.2 Å². The third-order valence-corrected chi connectivity index (χ3v) is 5.20. The molecule has 8 heteroatoms. The van der Waals surface area contributed by atoms with Crippen molar-refractivity contribution >= 4 is 15.7 Å². The molecule has 1 saturated carbocycles. The first-order chi connectivity index (χ1) is 9.81. The number of aliphatic hydroxyl groups excluding tert-OH is 1. The van der Waals surface area contributed by atoms with Crippen LogP contribution >= 0.6 is 0 Å². The van der Waals surface area contributed by atoms with Crippen molar-refractivity contribution in [3.63, 3.8) is 0 Å². The van der Waals surface area contributed by atoms with E-state index < -0.39 is 32.2 Å². The fourth-order valence-electron chi connectivity index (χ4n) is 2.41. The van der Waals surface area contributed by atoms with Crippen molar-refractivity contribution in [1.82, 2.24) is 4.72 Å². The highest BCUT2D eigenvalue weighted by Gasteiger charge is 2.25. The molecule has 0 aliphatic heterocycles. The summed E-state index contributed by atoms with van der Waals surface area (Å²) < 4.78 is 53.2. The first-order valence-electron chi connectivity index (χ1n) is 6.72. The summed E-state index contributed by atoms with van der Waals surface area (Å²) in [7, 11) is -4.08. The Morgan fingerprint density at radius 3 is 2.48 bits per heavy atom. The van der Waals surface area contributed by atoms with E-state index in [1.54, 1.807) is 0 Å². The Balaban J connectivity index is 2.07. The largest absolute Gasteiger partial charge is 0.394 e. The minimum absolute atomic E-state index is 0.101. The van der Waals surface area contributed by atoms with Gasteiger partial charge in [-0.3, -0.25) is 0 Å². The van der Waals surface area contributed by atoms with Gasteiger partial charge in [0.25, 0.3) is 0 Å². The van der Waals surface area contributed by atoms with E-state index in [1.807, 2.05) is 0 Å². The van der Waals surface area contributed by atoms with E-state index >= 15 is 0 Å². The molecule has 0 aromatic heterocycles. The number of benzene rings is 1. The normalized spacial score (nSPS) is 23.2. The molecule has 0 spiro atoms. The van der Waals surface area contributed by atoms with Crippen LogP contribution in [0.25, 0.3) is 0 Å². The average molecular weight is 320 g/mol. The number of anilines is 1. The molecule has 0 radical (unpaired) electrons. The molecule has 1 fully saturated rings. The zero-order valence-electron chi connectivity index (χ0n) is 11.4. The zero-order valence-corrected chi connectivity index (χ0v) is 12.2. The van der Waals surface area contributed by atoms with Crippen LogP contribution in [0, 0.1) is 17.6 Å². The summed E-state index contributed by atoms with van der Waals surface area (Å²) in [4.78, 5) is -0.655. The van der Waals surface area contributed by atoms with Gasteiger partial charge in [0, 0.05) is 6.54 Å². The maximum Gasteiger partial charge on any atom is 0.243 e. The highest BCUT2D eigenvalue weighted by molar-refractivity contribution is 7.89. The zero-order chi connectivity index (χ0) is 15.6. The lowest BCUT2D eigenvalue weighted by Gasteiger charge is -2.25. The van der Waals surface area contributed by atoms with Crippen molar-refractivity contribution in [3.8, 4) is 0 Å². The second-order valence-corrected chi connectivity index (χ2v) is 7.04. The smallest absolute Gasteiger partial charge is 0.243 e. The summed E-state index contributed by atoms with van der Waals surface area (Å²) in [6.07, 6.45) is 2.34. The van der Waals surface area contributed by atoms with E-state index in [9.17, 15) is 22.3 Å². The number of aliphatic hydroxyl groups is 1. The molecule has 0 unspecified atom stereocenters. The van der Waals surface area contributed by atoms with E-state index in [2.05, 4.69) is 4.72 Å². The van der Waals surface area contributed by atoms with Crippen molar-refractivity contribution in [1.29, 1.82) is 0 Å². The van der Waals surface area contributed by atoms with Gasteiger partial charge < -0.3 is 10.8 Å². The van der Waals surface area contributed by atoms with Crippen molar-refractivity contribution in [3.05, 3.63) is 23.8 Å². The number of nitrogens with one attached hydrogen (secondary N) is 1. The molecule has 0 saturated heterocycles. The summed E-state index contributed by atoms with van der Waals surface area (Å²) in [6, 6.07) is 1.68. The molecule has 5 nitrogen and oxygen atoms in total. The topological polar surface area (TPSA) is 92.4 Å². The van der Waals surface area contributed by atoms with Crippen molar-refractivity contribution < 1.29 is 22.3 Å². The van der Waals surface area contributed by atoms with Gasteiger partial charge in [0.15, 0.2) is 5.82 Å². The molecular formula is C13H18F2N2O3S. The summed E-state index contributed by atoms with van der Waals surface area (Å²) in [5.74, 6) is -2.17. The summed E-state index contributed by atoms with van der Waals surface area (Å²) in [5.41, 5.74) is 4.36. The van der Waals surface area contributed by atoms with Crippen LogP contribution in [0.4, 0.5) is 14.5 Å². The number of halogens is 2. The Morgan fingerprint density at radius 1 is 1.24 bits per heavy atom. The van der Waals surface area contributed by atoms with Crippen LogP contribution in [0.5, 0.6) is 0 Å². The molecule has 2 rings (SSSR count). The molecular weight excluding hydrogens is 302 g/mol. The molecule has 1 aliphatic rings. The number of nitrogens with two attached hydrogens (primary N) is 1. The van der Waals surface area contributed by atoms with Crippen LogP contribution in [0.15, 0.2) is 17.0 Å². The van der Waals surface area contributed by atoms with Crippen molar-refractivity contribution in [2.24, 2.45) is 5.92 Å². The molecule has 0 bridgehead atoms. The number of sulfonamides is 1. The van der Waals surface area contributed by atoms with E-state index in [1.165, 1.54) is 0 Å². The van der Waals surface area contributed by atoms with Crippen LogP contribution in [0.1, 0.15) is 25.7 Å². The van der Waals surface area contributed by atoms with E-state index in [4.69, 9.17) is 5.73 Å². The Kier molecular flexibility index (Phi) is 4.80. The molecule has 0 amide bonds. The number of nitrogen functional groups attached to an aromatic ring is 1. The molecule has 4 N–H and O–H groups in total. The van der Waals surface area contributed by atoms with Crippen LogP contribution < -0.4 is 10.5 Å². The van der Waals surface area contributed by atoms with Crippen LogP contribution in [-0.2, 0) is 10.0 Å². The lowest BCUT2D eigenvalue weighted by Crippen LogP contribution is -2.32. The predicted octanol–water partition coefficient (Wildman–Crippen LogP) is 1.38. The molecule has 118 valence electrons. The molecule has 1 aromatic rings. The van der Waals surface area contributed by atoms with Crippen molar-refractivity contribution in [2.75, 3.05) is 12.3 Å². The minimum Gasteiger partial charge on any atom is -0.394 e. The Hall–Kier alpha value is -1.25. The standard InChI is InChI=1S/C13H18F2N2O3S/c14-10-5-6-11(12(15)13(10)16)21(19,20)17-7-8-1-3-9(18)4-2-8/h5-6,8-9,17-18H,1-4,7,16H2. The highest BCUT2D eigenvalue weighted by Crippen LogP contribution is 2.25. The van der Waals surface area contributed by atoms with E-state index in [0.29, 0.717) is 25.7 Å². The van der Waals surface area contributed by atoms with Gasteiger partial charge in [0.1, 0.15) is 16.4 Å². The van der Waals surface area contributed by atoms with Gasteiger partial charge in [0.2, 0.25) is 10.0 Å².